The smallest absolute Gasteiger partial charge is 0.171 e. The van der Waals surface area contributed by atoms with Crippen molar-refractivity contribution in [2.24, 2.45) is 0 Å². The van der Waals surface area contributed by atoms with Crippen LogP contribution >= 0.6 is 12.2 Å². The number of benzene rings is 2. The van der Waals surface area contributed by atoms with Gasteiger partial charge in [-0.1, -0.05) is 29.8 Å². The molecular weight excluding hydrogens is 316 g/mol. The lowest BCUT2D eigenvalue weighted by molar-refractivity contribution is 0.242. The van der Waals surface area contributed by atoms with Crippen LogP contribution < -0.4 is 15.4 Å². The number of hydrogen-bond donors (Lipinski definition) is 2. The van der Waals surface area contributed by atoms with E-state index >= 15 is 0 Å². The van der Waals surface area contributed by atoms with Gasteiger partial charge in [-0.2, -0.15) is 0 Å². The van der Waals surface area contributed by atoms with Gasteiger partial charge in [0.25, 0.3) is 0 Å². The van der Waals surface area contributed by atoms with Crippen molar-refractivity contribution < 1.29 is 4.74 Å². The van der Waals surface area contributed by atoms with Crippen LogP contribution in [0.2, 0.25) is 0 Å². The van der Waals surface area contributed by atoms with E-state index in [-0.39, 0.29) is 12.1 Å². The average Bonchev–Trinajstić information content (AvgIpc) is 2.46. The summed E-state index contributed by atoms with van der Waals surface area (Å²) in [5, 5.41) is 7.17. The molecule has 0 heterocycles. The molecule has 0 aliphatic carbocycles. The lowest BCUT2D eigenvalue weighted by atomic mass is 10.0. The number of hydrogen-bond acceptors (Lipinski definition) is 2. The van der Waals surface area contributed by atoms with Gasteiger partial charge in [0.05, 0.1) is 12.1 Å². The van der Waals surface area contributed by atoms with Crippen LogP contribution in [-0.2, 0) is 0 Å². The van der Waals surface area contributed by atoms with Crippen molar-refractivity contribution in [1.82, 2.24) is 5.32 Å². The molecule has 4 heteroatoms. The molecule has 0 spiro atoms. The molecule has 2 aromatic rings. The van der Waals surface area contributed by atoms with Gasteiger partial charge in [0.1, 0.15) is 5.75 Å². The zero-order chi connectivity index (χ0) is 17.7. The summed E-state index contributed by atoms with van der Waals surface area (Å²) in [7, 11) is 0. The maximum atomic E-state index is 5.71. The van der Waals surface area contributed by atoms with Crippen LogP contribution in [0.4, 0.5) is 5.69 Å². The van der Waals surface area contributed by atoms with Crippen molar-refractivity contribution in [2.75, 3.05) is 5.32 Å². The lowest BCUT2D eigenvalue weighted by Crippen LogP contribution is -2.31. The molecule has 0 saturated heterocycles. The first-order valence-corrected chi connectivity index (χ1v) is 8.67. The number of thiocarbonyl (C=S) groups is 1. The van der Waals surface area contributed by atoms with Crippen LogP contribution in [0.5, 0.6) is 5.75 Å². The summed E-state index contributed by atoms with van der Waals surface area (Å²) in [5.74, 6) is 0.834. The fraction of sp³-hybridized carbons (Fsp3) is 0.350. The lowest BCUT2D eigenvalue weighted by Gasteiger charge is -2.20. The van der Waals surface area contributed by atoms with Crippen molar-refractivity contribution in [1.29, 1.82) is 0 Å². The number of nitrogens with one attached hydrogen (secondary N) is 2. The topological polar surface area (TPSA) is 33.3 Å². The Bertz CT molecular complexity index is 713. The summed E-state index contributed by atoms with van der Waals surface area (Å²) >= 11 is 5.45. The zero-order valence-electron chi connectivity index (χ0n) is 15.0. The van der Waals surface area contributed by atoms with Crippen molar-refractivity contribution in [3.8, 4) is 5.75 Å². The summed E-state index contributed by atoms with van der Waals surface area (Å²) in [6.45, 7) is 10.4. The van der Waals surface area contributed by atoms with E-state index < -0.39 is 0 Å². The molecule has 0 unspecified atom stereocenters. The van der Waals surface area contributed by atoms with Crippen LogP contribution in [0.3, 0.4) is 0 Å². The maximum Gasteiger partial charge on any atom is 0.171 e. The van der Waals surface area contributed by atoms with Crippen molar-refractivity contribution in [3.05, 3.63) is 59.2 Å². The SMILES string of the molecule is Cc1ccc([C@@H](C)NC(=S)Nc2cccc(OC(C)C)c2)c(C)c1. The molecule has 24 heavy (non-hydrogen) atoms. The standard InChI is InChI=1S/C20H26N2OS/c1-13(2)23-18-8-6-7-17(12-18)22-20(24)21-16(5)19-10-9-14(3)11-15(19)4/h6-13,16H,1-5H3,(H2,21,22,24)/t16-/m1/s1. The first kappa shape index (κ1) is 18.3. The minimum absolute atomic E-state index is 0.140. The second kappa shape index (κ2) is 8.15. The Morgan fingerprint density at radius 2 is 1.79 bits per heavy atom. The van der Waals surface area contributed by atoms with E-state index in [0.717, 1.165) is 11.4 Å². The Morgan fingerprint density at radius 3 is 2.46 bits per heavy atom. The second-order valence-electron chi connectivity index (χ2n) is 6.37. The van der Waals surface area contributed by atoms with Crippen molar-refractivity contribution >= 4 is 23.0 Å². The highest BCUT2D eigenvalue weighted by molar-refractivity contribution is 7.80. The van der Waals surface area contributed by atoms with Crippen LogP contribution in [0, 0.1) is 13.8 Å². The fourth-order valence-electron chi connectivity index (χ4n) is 2.67. The summed E-state index contributed by atoms with van der Waals surface area (Å²) < 4.78 is 5.71. The quantitative estimate of drug-likeness (QED) is 0.737. The van der Waals surface area contributed by atoms with Gasteiger partial charge in [0.15, 0.2) is 5.11 Å². The van der Waals surface area contributed by atoms with E-state index in [2.05, 4.69) is 49.6 Å². The van der Waals surface area contributed by atoms with Gasteiger partial charge >= 0.3 is 0 Å². The number of aryl methyl sites for hydroxylation is 2. The summed E-state index contributed by atoms with van der Waals surface area (Å²) in [4.78, 5) is 0. The van der Waals surface area contributed by atoms with E-state index in [1.54, 1.807) is 0 Å². The van der Waals surface area contributed by atoms with E-state index in [1.165, 1.54) is 16.7 Å². The monoisotopic (exact) mass is 342 g/mol. The molecule has 0 aliphatic heterocycles. The molecule has 2 aromatic carbocycles. The molecule has 3 nitrogen and oxygen atoms in total. The molecule has 0 amide bonds. The van der Waals surface area contributed by atoms with Crippen LogP contribution in [0.1, 0.15) is 43.5 Å². The first-order chi connectivity index (χ1) is 11.3. The molecule has 2 rings (SSSR count). The van der Waals surface area contributed by atoms with Crippen LogP contribution in [0.25, 0.3) is 0 Å². The molecule has 0 bridgehead atoms. The van der Waals surface area contributed by atoms with Crippen LogP contribution in [0.15, 0.2) is 42.5 Å². The van der Waals surface area contributed by atoms with E-state index in [0.29, 0.717) is 5.11 Å². The summed E-state index contributed by atoms with van der Waals surface area (Å²) in [6, 6.07) is 14.4. The predicted octanol–water partition coefficient (Wildman–Crippen LogP) is 5.14. The number of ether oxygens (including phenoxy) is 1. The summed E-state index contributed by atoms with van der Waals surface area (Å²) in [6.07, 6.45) is 0.148. The Morgan fingerprint density at radius 1 is 1.04 bits per heavy atom. The zero-order valence-corrected chi connectivity index (χ0v) is 15.8. The largest absolute Gasteiger partial charge is 0.491 e. The third-order valence-electron chi connectivity index (χ3n) is 3.70. The van der Waals surface area contributed by atoms with Gasteiger partial charge in [-0.05, 0) is 70.1 Å². The molecule has 1 atom stereocenters. The highest BCUT2D eigenvalue weighted by atomic mass is 32.1. The fourth-order valence-corrected chi connectivity index (χ4v) is 2.97. The number of rotatable bonds is 5. The van der Waals surface area contributed by atoms with Crippen molar-refractivity contribution in [2.45, 2.75) is 46.8 Å². The first-order valence-electron chi connectivity index (χ1n) is 8.26. The van der Waals surface area contributed by atoms with Gasteiger partial charge < -0.3 is 15.4 Å². The molecule has 0 saturated carbocycles. The van der Waals surface area contributed by atoms with E-state index in [9.17, 15) is 0 Å². The third-order valence-corrected chi connectivity index (χ3v) is 3.92. The Balaban J connectivity index is 2.00. The van der Waals surface area contributed by atoms with E-state index in [1.807, 2.05) is 38.1 Å². The van der Waals surface area contributed by atoms with Gasteiger partial charge in [0, 0.05) is 11.8 Å². The minimum atomic E-state index is 0.140. The normalized spacial score (nSPS) is 11.9. The molecule has 0 fully saturated rings. The van der Waals surface area contributed by atoms with Crippen LogP contribution in [-0.4, -0.2) is 11.2 Å². The summed E-state index contributed by atoms with van der Waals surface area (Å²) in [5.41, 5.74) is 4.70. The molecular formula is C20H26N2OS. The van der Waals surface area contributed by atoms with E-state index in [4.69, 9.17) is 17.0 Å². The Hall–Kier alpha value is -2.07. The Labute approximate surface area is 150 Å². The predicted molar refractivity (Wildman–Crippen MR) is 106 cm³/mol. The van der Waals surface area contributed by atoms with Crippen molar-refractivity contribution in [3.63, 3.8) is 0 Å². The molecule has 128 valence electrons. The number of anilines is 1. The Kier molecular flexibility index (Phi) is 6.21. The molecule has 0 aliphatic rings. The highest BCUT2D eigenvalue weighted by Crippen LogP contribution is 2.20. The van der Waals surface area contributed by atoms with Gasteiger partial charge in [0.2, 0.25) is 0 Å². The van der Waals surface area contributed by atoms with Gasteiger partial charge in [-0.15, -0.1) is 0 Å². The average molecular weight is 343 g/mol. The third kappa shape index (κ3) is 5.24. The highest BCUT2D eigenvalue weighted by Gasteiger charge is 2.10. The van der Waals surface area contributed by atoms with Gasteiger partial charge in [-0.3, -0.25) is 0 Å². The molecule has 0 aromatic heterocycles. The van der Waals surface area contributed by atoms with Gasteiger partial charge in [-0.25, -0.2) is 0 Å². The maximum absolute atomic E-state index is 5.71. The molecule has 0 radical (unpaired) electrons. The minimum Gasteiger partial charge on any atom is -0.491 e. The second-order valence-corrected chi connectivity index (χ2v) is 6.78. The molecule has 2 N–H and O–H groups in total.